The Labute approximate surface area is 117 Å². The highest BCUT2D eigenvalue weighted by atomic mass is 16.5. The molecule has 0 amide bonds. The molecular formula is C16H28NO2+. The topological polar surface area (TPSA) is 46.1 Å². The molecule has 0 aliphatic carbocycles. The van der Waals surface area contributed by atoms with Gasteiger partial charge in [-0.15, -0.1) is 0 Å². The van der Waals surface area contributed by atoms with Crippen LogP contribution >= 0.6 is 0 Å². The van der Waals surface area contributed by atoms with Gasteiger partial charge < -0.3 is 15.2 Å². The van der Waals surface area contributed by atoms with Crippen molar-refractivity contribution in [2.45, 2.75) is 52.2 Å². The molecule has 0 aliphatic rings. The molecule has 1 unspecified atom stereocenters. The molecule has 3 heteroatoms. The fraction of sp³-hybridized carbons (Fsp3) is 0.625. The summed E-state index contributed by atoms with van der Waals surface area (Å²) in [6, 6.07) is 8.61. The first-order valence-electron chi connectivity index (χ1n) is 7.04. The maximum atomic E-state index is 9.79. The van der Waals surface area contributed by atoms with Gasteiger partial charge >= 0.3 is 0 Å². The van der Waals surface area contributed by atoms with E-state index in [-0.39, 0.29) is 5.41 Å². The Bertz CT molecular complexity index is 365. The van der Waals surface area contributed by atoms with E-state index in [0.29, 0.717) is 19.2 Å². The van der Waals surface area contributed by atoms with Crippen molar-refractivity contribution in [3.8, 4) is 5.75 Å². The van der Waals surface area contributed by atoms with Crippen LogP contribution in [0, 0.1) is 0 Å². The van der Waals surface area contributed by atoms with Crippen molar-refractivity contribution < 1.29 is 15.2 Å². The van der Waals surface area contributed by atoms with Crippen molar-refractivity contribution in [2.24, 2.45) is 0 Å². The number of aliphatic hydroxyl groups excluding tert-OH is 1. The van der Waals surface area contributed by atoms with Crippen LogP contribution in [0.5, 0.6) is 5.75 Å². The summed E-state index contributed by atoms with van der Waals surface area (Å²) in [6.07, 6.45) is -0.426. The van der Waals surface area contributed by atoms with Crippen LogP contribution in [0.15, 0.2) is 24.3 Å². The van der Waals surface area contributed by atoms with Crippen molar-refractivity contribution in [2.75, 3.05) is 13.2 Å². The van der Waals surface area contributed by atoms with E-state index in [1.807, 2.05) is 12.1 Å². The van der Waals surface area contributed by atoms with Crippen LogP contribution in [-0.2, 0) is 5.41 Å². The van der Waals surface area contributed by atoms with E-state index in [1.165, 1.54) is 5.56 Å². The van der Waals surface area contributed by atoms with E-state index < -0.39 is 6.10 Å². The summed E-state index contributed by atoms with van der Waals surface area (Å²) < 4.78 is 5.60. The van der Waals surface area contributed by atoms with Gasteiger partial charge in [-0.1, -0.05) is 32.9 Å². The fourth-order valence-electron chi connectivity index (χ4n) is 1.74. The van der Waals surface area contributed by atoms with Crippen LogP contribution in [0.1, 0.15) is 40.2 Å². The molecule has 0 fully saturated rings. The number of hydrogen-bond acceptors (Lipinski definition) is 2. The van der Waals surface area contributed by atoms with Gasteiger partial charge in [0.15, 0.2) is 0 Å². The first-order chi connectivity index (χ1) is 8.79. The molecule has 0 heterocycles. The molecule has 1 aromatic carbocycles. The highest BCUT2D eigenvalue weighted by Crippen LogP contribution is 2.24. The average molecular weight is 266 g/mol. The molecule has 0 saturated heterocycles. The van der Waals surface area contributed by atoms with Crippen molar-refractivity contribution in [1.82, 2.24) is 0 Å². The minimum Gasteiger partial charge on any atom is -0.491 e. The minimum absolute atomic E-state index is 0.157. The molecule has 3 N–H and O–H groups in total. The van der Waals surface area contributed by atoms with Gasteiger partial charge in [0.05, 0.1) is 6.04 Å². The van der Waals surface area contributed by atoms with Crippen LogP contribution in [0.25, 0.3) is 0 Å². The third-order valence-electron chi connectivity index (χ3n) is 3.04. The Morgan fingerprint density at radius 1 is 1.16 bits per heavy atom. The zero-order valence-corrected chi connectivity index (χ0v) is 12.8. The second-order valence-corrected chi connectivity index (χ2v) is 6.45. The second kappa shape index (κ2) is 6.92. The molecule has 3 nitrogen and oxygen atoms in total. The SMILES string of the molecule is CC(C)[NH2+]CC(O)COc1ccc(C(C)(C)C)cc1. The number of ether oxygens (including phenoxy) is 1. The third kappa shape index (κ3) is 6.08. The molecule has 19 heavy (non-hydrogen) atoms. The zero-order chi connectivity index (χ0) is 14.5. The first-order valence-corrected chi connectivity index (χ1v) is 7.04. The van der Waals surface area contributed by atoms with Crippen LogP contribution < -0.4 is 10.1 Å². The summed E-state index contributed by atoms with van der Waals surface area (Å²) in [7, 11) is 0. The predicted octanol–water partition coefficient (Wildman–Crippen LogP) is 1.70. The van der Waals surface area contributed by atoms with E-state index in [0.717, 1.165) is 5.75 Å². The smallest absolute Gasteiger partial charge is 0.137 e. The standard InChI is InChI=1S/C16H27NO2/c1-12(2)17-10-14(18)11-19-15-8-6-13(7-9-15)16(3,4)5/h6-9,12,14,17-18H,10-11H2,1-5H3/p+1. The Hall–Kier alpha value is -1.06. The highest BCUT2D eigenvalue weighted by molar-refractivity contribution is 5.31. The van der Waals surface area contributed by atoms with Gasteiger partial charge in [0.2, 0.25) is 0 Å². The molecule has 0 radical (unpaired) electrons. The average Bonchev–Trinajstić information content (AvgIpc) is 2.33. The molecule has 0 aromatic heterocycles. The maximum absolute atomic E-state index is 9.79. The lowest BCUT2D eigenvalue weighted by Crippen LogP contribution is -2.90. The predicted molar refractivity (Wildman–Crippen MR) is 78.6 cm³/mol. The number of aliphatic hydroxyl groups is 1. The number of hydrogen-bond donors (Lipinski definition) is 2. The molecule has 0 saturated carbocycles. The van der Waals surface area contributed by atoms with E-state index in [4.69, 9.17) is 4.74 Å². The summed E-state index contributed by atoms with van der Waals surface area (Å²) in [6.45, 7) is 11.8. The van der Waals surface area contributed by atoms with Crippen LogP contribution in [0.3, 0.4) is 0 Å². The third-order valence-corrected chi connectivity index (χ3v) is 3.04. The Kier molecular flexibility index (Phi) is 5.83. The van der Waals surface area contributed by atoms with Gasteiger partial charge in [-0.05, 0) is 37.0 Å². The second-order valence-electron chi connectivity index (χ2n) is 6.45. The van der Waals surface area contributed by atoms with Gasteiger partial charge in [0, 0.05) is 0 Å². The Balaban J connectivity index is 2.42. The fourth-order valence-corrected chi connectivity index (χ4v) is 1.74. The molecule has 0 spiro atoms. The summed E-state index contributed by atoms with van der Waals surface area (Å²) in [5.74, 6) is 0.816. The summed E-state index contributed by atoms with van der Waals surface area (Å²) >= 11 is 0. The molecule has 0 bridgehead atoms. The van der Waals surface area contributed by atoms with Crippen molar-refractivity contribution >= 4 is 0 Å². The van der Waals surface area contributed by atoms with E-state index in [9.17, 15) is 5.11 Å². The molecule has 1 rings (SSSR count). The lowest BCUT2D eigenvalue weighted by Gasteiger charge is -2.19. The Morgan fingerprint density at radius 3 is 2.21 bits per heavy atom. The van der Waals surface area contributed by atoms with Gasteiger partial charge in [0.1, 0.15) is 25.0 Å². The van der Waals surface area contributed by atoms with E-state index in [2.05, 4.69) is 52.1 Å². The largest absolute Gasteiger partial charge is 0.491 e. The van der Waals surface area contributed by atoms with Crippen LogP contribution in [0.2, 0.25) is 0 Å². The normalized spacial score (nSPS) is 13.6. The number of benzene rings is 1. The van der Waals surface area contributed by atoms with Gasteiger partial charge in [-0.2, -0.15) is 0 Å². The van der Waals surface area contributed by atoms with Crippen molar-refractivity contribution in [3.05, 3.63) is 29.8 Å². The molecule has 0 aliphatic heterocycles. The van der Waals surface area contributed by atoms with Crippen molar-refractivity contribution in [3.63, 3.8) is 0 Å². The monoisotopic (exact) mass is 266 g/mol. The summed E-state index contributed by atoms with van der Waals surface area (Å²) in [4.78, 5) is 0. The Morgan fingerprint density at radius 2 is 1.74 bits per heavy atom. The number of nitrogens with two attached hydrogens (primary N) is 1. The first kappa shape index (κ1) is 16.0. The van der Waals surface area contributed by atoms with Gasteiger partial charge in [-0.25, -0.2) is 0 Å². The molecule has 108 valence electrons. The number of rotatable bonds is 6. The molecule has 1 atom stereocenters. The van der Waals surface area contributed by atoms with Crippen LogP contribution in [0.4, 0.5) is 0 Å². The lowest BCUT2D eigenvalue weighted by atomic mass is 9.87. The van der Waals surface area contributed by atoms with Crippen molar-refractivity contribution in [1.29, 1.82) is 0 Å². The zero-order valence-electron chi connectivity index (χ0n) is 12.8. The van der Waals surface area contributed by atoms with E-state index >= 15 is 0 Å². The summed E-state index contributed by atoms with van der Waals surface area (Å²) in [5.41, 5.74) is 1.44. The van der Waals surface area contributed by atoms with Gasteiger partial charge in [0.25, 0.3) is 0 Å². The molecular weight excluding hydrogens is 238 g/mol. The molecule has 1 aromatic rings. The minimum atomic E-state index is -0.426. The van der Waals surface area contributed by atoms with Gasteiger partial charge in [-0.3, -0.25) is 0 Å². The van der Waals surface area contributed by atoms with Crippen LogP contribution in [-0.4, -0.2) is 30.4 Å². The lowest BCUT2D eigenvalue weighted by molar-refractivity contribution is -0.688. The maximum Gasteiger partial charge on any atom is 0.137 e. The quantitative estimate of drug-likeness (QED) is 0.823. The number of quaternary nitrogens is 1. The van der Waals surface area contributed by atoms with E-state index in [1.54, 1.807) is 0 Å². The highest BCUT2D eigenvalue weighted by Gasteiger charge is 2.13. The summed E-state index contributed by atoms with van der Waals surface area (Å²) in [5, 5.41) is 11.9.